The Morgan fingerprint density at radius 1 is 1.24 bits per heavy atom. The molecule has 4 heterocycles. The van der Waals surface area contributed by atoms with Gasteiger partial charge >= 0.3 is 0 Å². The van der Waals surface area contributed by atoms with Crippen LogP contribution in [0.1, 0.15) is 48.6 Å². The van der Waals surface area contributed by atoms with E-state index in [1.807, 2.05) is 30.6 Å². The smallest absolute Gasteiger partial charge is 0.211 e. The van der Waals surface area contributed by atoms with Crippen molar-refractivity contribution >= 4 is 45.1 Å². The molecule has 1 aliphatic carbocycles. The molecule has 0 amide bonds. The van der Waals surface area contributed by atoms with Crippen LogP contribution >= 0.6 is 11.3 Å². The van der Waals surface area contributed by atoms with Crippen molar-refractivity contribution in [2.75, 3.05) is 25.0 Å². The van der Waals surface area contributed by atoms with Crippen LogP contribution in [0.4, 0.5) is 10.9 Å². The molecule has 0 atom stereocenters. The van der Waals surface area contributed by atoms with Gasteiger partial charge in [0.2, 0.25) is 5.13 Å². The third-order valence-electron chi connectivity index (χ3n) is 6.05. The largest absolute Gasteiger partial charge is 0.404 e. The lowest BCUT2D eigenvalue weighted by molar-refractivity contribution is 0.371. The fraction of sp³-hybridized carbons (Fsp3) is 0.375. The number of fused-ring (bicyclic) bond motifs is 1. The molecule has 3 N–H and O–H groups in total. The van der Waals surface area contributed by atoms with Crippen molar-refractivity contribution in [3.8, 4) is 0 Å². The van der Waals surface area contributed by atoms with E-state index in [-0.39, 0.29) is 0 Å². The average Bonchev–Trinajstić information content (AvgIpc) is 3.49. The van der Waals surface area contributed by atoms with Crippen LogP contribution in [0, 0.1) is 0 Å². The zero-order valence-electron chi connectivity index (χ0n) is 18.5. The SMILES string of the molecule is NC=C(C=NCCCN1C=CC1)c1cnc2ccc(Nc3nnc(C4CCCC4)s3)nc2c1. The molecule has 0 bridgehead atoms. The molecule has 0 saturated heterocycles. The summed E-state index contributed by atoms with van der Waals surface area (Å²) in [4.78, 5) is 16.1. The highest BCUT2D eigenvalue weighted by molar-refractivity contribution is 7.15. The van der Waals surface area contributed by atoms with E-state index in [1.54, 1.807) is 17.5 Å². The molecule has 2 aliphatic rings. The van der Waals surface area contributed by atoms with Crippen LogP contribution in [0.3, 0.4) is 0 Å². The van der Waals surface area contributed by atoms with Crippen molar-refractivity contribution in [1.82, 2.24) is 25.1 Å². The molecule has 1 aliphatic heterocycles. The van der Waals surface area contributed by atoms with Gasteiger partial charge in [-0.05, 0) is 49.7 Å². The number of nitrogens with two attached hydrogens (primary N) is 1. The van der Waals surface area contributed by atoms with E-state index in [4.69, 9.17) is 10.7 Å². The predicted octanol–water partition coefficient (Wildman–Crippen LogP) is 4.47. The maximum atomic E-state index is 5.88. The van der Waals surface area contributed by atoms with Crippen LogP contribution in [-0.2, 0) is 0 Å². The van der Waals surface area contributed by atoms with Crippen LogP contribution in [0.2, 0.25) is 0 Å². The van der Waals surface area contributed by atoms with E-state index < -0.39 is 0 Å². The summed E-state index contributed by atoms with van der Waals surface area (Å²) in [5.74, 6) is 1.28. The van der Waals surface area contributed by atoms with Gasteiger partial charge in [-0.15, -0.1) is 10.2 Å². The second kappa shape index (κ2) is 10.1. The molecule has 9 heteroatoms. The second-order valence-corrected chi connectivity index (χ2v) is 9.41. The van der Waals surface area contributed by atoms with Gasteiger partial charge in [0.05, 0.1) is 11.0 Å². The maximum Gasteiger partial charge on any atom is 0.211 e. The maximum absolute atomic E-state index is 5.88. The third kappa shape index (κ3) is 5.19. The summed E-state index contributed by atoms with van der Waals surface area (Å²) in [6.45, 7) is 2.84. The van der Waals surface area contributed by atoms with Crippen molar-refractivity contribution in [3.05, 3.63) is 53.4 Å². The standard InChI is InChI=1S/C24H28N8S/c25-14-19(15-26-9-3-10-32-11-4-12-32)18-13-21-20(27-16-18)7-8-22(28-21)29-24-31-30-23(33-24)17-5-1-2-6-17/h4,7-8,11,13-17H,1-3,5-6,9-10,12,25H2,(H,28,29,31). The monoisotopic (exact) mass is 460 g/mol. The predicted molar refractivity (Wildman–Crippen MR) is 135 cm³/mol. The van der Waals surface area contributed by atoms with E-state index in [2.05, 4.69) is 42.7 Å². The molecule has 3 aromatic heterocycles. The zero-order valence-corrected chi connectivity index (χ0v) is 19.3. The normalized spacial score (nSPS) is 16.7. The van der Waals surface area contributed by atoms with Crippen molar-refractivity contribution in [1.29, 1.82) is 0 Å². The highest BCUT2D eigenvalue weighted by Gasteiger charge is 2.21. The molecule has 170 valence electrons. The molecule has 33 heavy (non-hydrogen) atoms. The number of hydrogen-bond acceptors (Lipinski definition) is 9. The van der Waals surface area contributed by atoms with Gasteiger partial charge in [-0.1, -0.05) is 24.2 Å². The molecule has 5 rings (SSSR count). The van der Waals surface area contributed by atoms with E-state index in [0.29, 0.717) is 5.92 Å². The Morgan fingerprint density at radius 3 is 2.91 bits per heavy atom. The zero-order chi connectivity index (χ0) is 22.5. The first-order chi connectivity index (χ1) is 16.3. The van der Waals surface area contributed by atoms with Gasteiger partial charge < -0.3 is 16.0 Å². The Bertz CT molecular complexity index is 1190. The molecular weight excluding hydrogens is 432 g/mol. The molecule has 0 radical (unpaired) electrons. The van der Waals surface area contributed by atoms with Crippen LogP contribution in [-0.4, -0.2) is 50.9 Å². The Balaban J connectivity index is 1.26. The van der Waals surface area contributed by atoms with E-state index in [1.165, 1.54) is 25.7 Å². The Hall–Kier alpha value is -3.33. The summed E-state index contributed by atoms with van der Waals surface area (Å²) < 4.78 is 0. The highest BCUT2D eigenvalue weighted by atomic mass is 32.1. The van der Waals surface area contributed by atoms with Crippen LogP contribution in [0.15, 0.2) is 47.9 Å². The van der Waals surface area contributed by atoms with Gasteiger partial charge in [0.25, 0.3) is 0 Å². The van der Waals surface area contributed by atoms with Gasteiger partial charge in [-0.2, -0.15) is 0 Å². The minimum atomic E-state index is 0.560. The fourth-order valence-corrected chi connectivity index (χ4v) is 5.05. The third-order valence-corrected chi connectivity index (χ3v) is 7.05. The topological polar surface area (TPSA) is 105 Å². The van der Waals surface area contributed by atoms with Gasteiger partial charge in [0, 0.05) is 55.3 Å². The van der Waals surface area contributed by atoms with Gasteiger partial charge in [-0.3, -0.25) is 9.98 Å². The number of hydrogen-bond donors (Lipinski definition) is 2. The average molecular weight is 461 g/mol. The number of aromatic nitrogens is 4. The van der Waals surface area contributed by atoms with Gasteiger partial charge in [0.1, 0.15) is 10.8 Å². The second-order valence-electron chi connectivity index (χ2n) is 8.40. The summed E-state index contributed by atoms with van der Waals surface area (Å²) in [5, 5.41) is 13.9. The highest BCUT2D eigenvalue weighted by Crippen LogP contribution is 2.36. The van der Waals surface area contributed by atoms with Crippen LogP contribution < -0.4 is 11.1 Å². The van der Waals surface area contributed by atoms with Crippen molar-refractivity contribution in [2.24, 2.45) is 10.7 Å². The van der Waals surface area contributed by atoms with Gasteiger partial charge in [0.15, 0.2) is 0 Å². The Morgan fingerprint density at radius 2 is 2.12 bits per heavy atom. The van der Waals surface area contributed by atoms with Crippen LogP contribution in [0.5, 0.6) is 0 Å². The lowest BCUT2D eigenvalue weighted by atomic mass is 10.1. The number of pyridine rings is 2. The first-order valence-electron chi connectivity index (χ1n) is 11.5. The fourth-order valence-electron chi connectivity index (χ4n) is 4.13. The molecule has 8 nitrogen and oxygen atoms in total. The molecular formula is C24H28N8S. The Kier molecular flexibility index (Phi) is 6.57. The summed E-state index contributed by atoms with van der Waals surface area (Å²) in [5.41, 5.74) is 9.22. The summed E-state index contributed by atoms with van der Waals surface area (Å²) in [7, 11) is 0. The van der Waals surface area contributed by atoms with E-state index in [0.717, 1.165) is 64.2 Å². The first-order valence-corrected chi connectivity index (χ1v) is 12.3. The lowest BCUT2D eigenvalue weighted by Crippen LogP contribution is -2.25. The van der Waals surface area contributed by atoms with Crippen molar-refractivity contribution in [3.63, 3.8) is 0 Å². The quantitative estimate of drug-likeness (QED) is 0.358. The molecule has 0 aromatic carbocycles. The summed E-state index contributed by atoms with van der Waals surface area (Å²) in [6.07, 6.45) is 15.5. The number of anilines is 2. The Labute approximate surface area is 197 Å². The molecule has 1 saturated carbocycles. The van der Waals surface area contributed by atoms with Crippen LogP contribution in [0.25, 0.3) is 16.6 Å². The number of aliphatic imine (C=N–C) groups is 1. The van der Waals surface area contributed by atoms with E-state index in [9.17, 15) is 0 Å². The molecule has 0 unspecified atom stereocenters. The lowest BCUT2D eigenvalue weighted by Gasteiger charge is -2.24. The van der Waals surface area contributed by atoms with Gasteiger partial charge in [-0.25, -0.2) is 4.98 Å². The minimum absolute atomic E-state index is 0.560. The van der Waals surface area contributed by atoms with E-state index >= 15 is 0 Å². The summed E-state index contributed by atoms with van der Waals surface area (Å²) in [6, 6.07) is 5.87. The van der Waals surface area contributed by atoms with Crippen molar-refractivity contribution < 1.29 is 0 Å². The number of nitrogens with zero attached hydrogens (tertiary/aromatic N) is 6. The minimum Gasteiger partial charge on any atom is -0.404 e. The molecule has 0 spiro atoms. The van der Waals surface area contributed by atoms with Crippen molar-refractivity contribution in [2.45, 2.75) is 38.0 Å². The molecule has 3 aromatic rings. The first kappa shape index (κ1) is 21.5. The number of nitrogens with one attached hydrogen (secondary N) is 1. The number of rotatable bonds is 9. The summed E-state index contributed by atoms with van der Waals surface area (Å²) >= 11 is 1.62. The molecule has 1 fully saturated rings. The number of allylic oxidation sites excluding steroid dienone is 1.